The molecule has 2 aromatic rings. The quantitative estimate of drug-likeness (QED) is 0.812. The van der Waals surface area contributed by atoms with E-state index in [2.05, 4.69) is 4.72 Å². The zero-order valence-electron chi connectivity index (χ0n) is 15.9. The van der Waals surface area contributed by atoms with Crippen molar-refractivity contribution in [2.24, 2.45) is 0 Å². The van der Waals surface area contributed by atoms with E-state index in [1.807, 2.05) is 24.3 Å². The zero-order valence-corrected chi connectivity index (χ0v) is 16.8. The molecule has 2 heterocycles. The van der Waals surface area contributed by atoms with Gasteiger partial charge < -0.3 is 4.90 Å². The molecule has 0 aliphatic carbocycles. The molecule has 2 aliphatic heterocycles. The van der Waals surface area contributed by atoms with Gasteiger partial charge in [-0.2, -0.15) is 8.78 Å². The number of nitrogens with one attached hydrogen (secondary N) is 1. The molecule has 2 unspecified atom stereocenters. The van der Waals surface area contributed by atoms with E-state index in [-0.39, 0.29) is 6.54 Å². The van der Waals surface area contributed by atoms with Gasteiger partial charge in [0.05, 0.1) is 12.3 Å². The first-order valence-electron chi connectivity index (χ1n) is 9.47. The van der Waals surface area contributed by atoms with E-state index < -0.39 is 40.4 Å². The van der Waals surface area contributed by atoms with Gasteiger partial charge in [-0.3, -0.25) is 4.79 Å². The fourth-order valence-electron chi connectivity index (χ4n) is 4.36. The molecule has 154 valence electrons. The number of fused-ring (bicyclic) bond motifs is 5. The molecule has 1 saturated heterocycles. The number of nitrogens with zero attached hydrogens (tertiary/aromatic N) is 1. The molecule has 5 nitrogen and oxygen atoms in total. The molecule has 8 heteroatoms. The summed E-state index contributed by atoms with van der Waals surface area (Å²) in [6.45, 7) is 0.0909. The fraction of sp³-hybridized carbons (Fsp3) is 0.381. The maximum absolute atomic E-state index is 15.0. The lowest BCUT2D eigenvalue weighted by Crippen LogP contribution is -2.52. The maximum Gasteiger partial charge on any atom is 0.328 e. The summed E-state index contributed by atoms with van der Waals surface area (Å²) in [5.41, 5.74) is 2.76. The van der Waals surface area contributed by atoms with Crippen LogP contribution in [0.5, 0.6) is 0 Å². The number of carbonyl (C=O) groups is 1. The van der Waals surface area contributed by atoms with E-state index in [4.69, 9.17) is 0 Å². The van der Waals surface area contributed by atoms with Crippen LogP contribution in [0.25, 0.3) is 11.1 Å². The first-order chi connectivity index (χ1) is 13.6. The van der Waals surface area contributed by atoms with Gasteiger partial charge in [-0.05, 0) is 35.1 Å². The Labute approximate surface area is 168 Å². The van der Waals surface area contributed by atoms with Crippen LogP contribution in [0.2, 0.25) is 0 Å². The second kappa shape index (κ2) is 7.18. The normalized spacial score (nSPS) is 23.8. The minimum absolute atomic E-state index is 0.0909. The number of benzene rings is 2. The summed E-state index contributed by atoms with van der Waals surface area (Å²) in [7, 11) is -3.54. The van der Waals surface area contributed by atoms with Crippen molar-refractivity contribution in [1.29, 1.82) is 0 Å². The second-order valence-electron chi connectivity index (χ2n) is 7.79. The lowest BCUT2D eigenvalue weighted by molar-refractivity contribution is -0.158. The van der Waals surface area contributed by atoms with Gasteiger partial charge in [-0.15, -0.1) is 0 Å². The van der Waals surface area contributed by atoms with Crippen molar-refractivity contribution in [3.8, 4) is 11.1 Å². The van der Waals surface area contributed by atoms with Crippen molar-refractivity contribution in [2.75, 3.05) is 12.8 Å². The Bertz CT molecular complexity index is 1060. The van der Waals surface area contributed by atoms with Crippen LogP contribution in [0.3, 0.4) is 0 Å². The smallest absolute Gasteiger partial charge is 0.328 e. The van der Waals surface area contributed by atoms with Crippen LogP contribution in [0.15, 0.2) is 48.5 Å². The van der Waals surface area contributed by atoms with E-state index in [9.17, 15) is 13.2 Å². The van der Waals surface area contributed by atoms with E-state index in [0.29, 0.717) is 24.0 Å². The number of carbonyl (C=O) groups excluding carboxylic acids is 1. The maximum atomic E-state index is 15.0. The Morgan fingerprint density at radius 2 is 1.90 bits per heavy atom. The monoisotopic (exact) mass is 420 g/mol. The van der Waals surface area contributed by atoms with Crippen LogP contribution >= 0.6 is 0 Å². The van der Waals surface area contributed by atoms with Gasteiger partial charge in [0.2, 0.25) is 10.0 Å². The Morgan fingerprint density at radius 3 is 2.66 bits per heavy atom. The molecule has 2 atom stereocenters. The van der Waals surface area contributed by atoms with Crippen molar-refractivity contribution in [3.63, 3.8) is 0 Å². The van der Waals surface area contributed by atoms with Crippen LogP contribution in [-0.2, 0) is 27.7 Å². The molecule has 4 rings (SSSR count). The second-order valence-corrected chi connectivity index (χ2v) is 9.57. The van der Waals surface area contributed by atoms with Gasteiger partial charge in [0.25, 0.3) is 5.91 Å². The summed E-state index contributed by atoms with van der Waals surface area (Å²) in [4.78, 5) is 14.0. The van der Waals surface area contributed by atoms with E-state index in [1.54, 1.807) is 24.3 Å². The van der Waals surface area contributed by atoms with Gasteiger partial charge >= 0.3 is 5.92 Å². The van der Waals surface area contributed by atoms with Gasteiger partial charge in [0.15, 0.2) is 0 Å². The Balaban J connectivity index is 1.82. The average molecular weight is 420 g/mol. The van der Waals surface area contributed by atoms with Crippen LogP contribution in [0.1, 0.15) is 17.5 Å². The van der Waals surface area contributed by atoms with Crippen molar-refractivity contribution in [1.82, 2.24) is 9.62 Å². The first-order valence-corrected chi connectivity index (χ1v) is 11.4. The number of hydrogen-bond acceptors (Lipinski definition) is 3. The minimum atomic E-state index is -3.58. The molecule has 0 radical (unpaired) electrons. The number of alkyl halides is 2. The third-order valence-corrected chi connectivity index (χ3v) is 6.33. The molecule has 2 aliphatic rings. The molecular formula is C21H22F2N2O3S. The average Bonchev–Trinajstić information content (AvgIpc) is 3.01. The standard InChI is InChI=1S/C21H22F2N2O3S/c1-29(27,28)24-18-9-10-25-19(18)12-14-5-4-7-15(11-14)17-8-3-2-6-16(17)13-21(22,23)20(25)26/h2-8,11,18-19,24H,9-10,12-13H2,1H3. The van der Waals surface area contributed by atoms with Crippen LogP contribution in [0.4, 0.5) is 8.78 Å². The molecule has 0 saturated carbocycles. The molecule has 29 heavy (non-hydrogen) atoms. The highest BCUT2D eigenvalue weighted by molar-refractivity contribution is 7.88. The van der Waals surface area contributed by atoms with Gasteiger partial charge in [-0.25, -0.2) is 13.1 Å². The number of hydrogen-bond donors (Lipinski definition) is 1. The van der Waals surface area contributed by atoms with E-state index in [0.717, 1.165) is 22.3 Å². The van der Waals surface area contributed by atoms with E-state index >= 15 is 8.78 Å². The minimum Gasteiger partial charge on any atom is -0.332 e. The van der Waals surface area contributed by atoms with Crippen LogP contribution < -0.4 is 4.72 Å². The fourth-order valence-corrected chi connectivity index (χ4v) is 5.18. The predicted molar refractivity (Wildman–Crippen MR) is 106 cm³/mol. The summed E-state index contributed by atoms with van der Waals surface area (Å²) in [6.07, 6.45) is 0.940. The molecule has 0 spiro atoms. The van der Waals surface area contributed by atoms with Gasteiger partial charge in [-0.1, -0.05) is 48.5 Å². The lowest BCUT2D eigenvalue weighted by Gasteiger charge is -2.31. The SMILES string of the molecule is CS(=O)(=O)NC1CCN2C(=O)C(F)(F)Cc3ccccc3-c3cccc(c3)CC12. The van der Waals surface area contributed by atoms with Crippen molar-refractivity contribution < 1.29 is 22.0 Å². The molecule has 1 amide bonds. The van der Waals surface area contributed by atoms with Crippen LogP contribution in [-0.4, -0.2) is 50.0 Å². The topological polar surface area (TPSA) is 66.5 Å². The van der Waals surface area contributed by atoms with Crippen molar-refractivity contribution in [3.05, 3.63) is 59.7 Å². The summed E-state index contributed by atoms with van der Waals surface area (Å²) < 4.78 is 56.1. The number of halogens is 2. The number of rotatable bonds is 2. The lowest BCUT2D eigenvalue weighted by atomic mass is 9.93. The van der Waals surface area contributed by atoms with Crippen molar-refractivity contribution in [2.45, 2.75) is 37.3 Å². The highest BCUT2D eigenvalue weighted by atomic mass is 32.2. The number of sulfonamides is 1. The summed E-state index contributed by atoms with van der Waals surface area (Å²) in [5, 5.41) is 0. The van der Waals surface area contributed by atoms with Crippen LogP contribution in [0, 0.1) is 0 Å². The summed E-state index contributed by atoms with van der Waals surface area (Å²) in [6, 6.07) is 13.1. The zero-order chi connectivity index (χ0) is 20.8. The Hall–Kier alpha value is -2.32. The Kier molecular flexibility index (Phi) is 4.94. The number of amides is 1. The molecule has 1 N–H and O–H groups in total. The van der Waals surface area contributed by atoms with E-state index in [1.165, 1.54) is 0 Å². The molecule has 2 aromatic carbocycles. The molecule has 2 bridgehead atoms. The Morgan fingerprint density at radius 1 is 1.14 bits per heavy atom. The molecular weight excluding hydrogens is 398 g/mol. The molecule has 1 fully saturated rings. The predicted octanol–water partition coefficient (Wildman–Crippen LogP) is 2.61. The third-order valence-electron chi connectivity index (χ3n) is 5.60. The largest absolute Gasteiger partial charge is 0.332 e. The summed E-state index contributed by atoms with van der Waals surface area (Å²) >= 11 is 0. The highest BCUT2D eigenvalue weighted by Gasteiger charge is 2.48. The third kappa shape index (κ3) is 4.04. The first kappa shape index (κ1) is 20.0. The highest BCUT2D eigenvalue weighted by Crippen LogP contribution is 2.35. The van der Waals surface area contributed by atoms with Crippen molar-refractivity contribution >= 4 is 15.9 Å². The molecule has 0 aromatic heterocycles. The summed E-state index contributed by atoms with van der Waals surface area (Å²) in [5.74, 6) is -4.82. The van der Waals surface area contributed by atoms with Gasteiger partial charge in [0, 0.05) is 19.0 Å². The van der Waals surface area contributed by atoms with Gasteiger partial charge in [0.1, 0.15) is 0 Å².